The van der Waals surface area contributed by atoms with Crippen LogP contribution in [-0.2, 0) is 0 Å². The Hall–Kier alpha value is -0.120. The lowest BCUT2D eigenvalue weighted by Gasteiger charge is -2.35. The highest BCUT2D eigenvalue weighted by Crippen LogP contribution is 2.31. The topological polar surface area (TPSA) is 58.3 Å². The Kier molecular flexibility index (Phi) is 3.30. The van der Waals surface area contributed by atoms with Crippen molar-refractivity contribution in [1.29, 1.82) is 0 Å². The van der Waals surface area contributed by atoms with E-state index in [4.69, 9.17) is 5.73 Å². The van der Waals surface area contributed by atoms with Gasteiger partial charge in [-0.3, -0.25) is 0 Å². The van der Waals surface area contributed by atoms with Crippen LogP contribution in [0.15, 0.2) is 0 Å². The van der Waals surface area contributed by atoms with E-state index in [9.17, 15) is 5.11 Å². The van der Waals surface area contributed by atoms with Crippen LogP contribution in [0.2, 0.25) is 0 Å². The summed E-state index contributed by atoms with van der Waals surface area (Å²) in [5, 5.41) is 12.5. The average Bonchev–Trinajstić information content (AvgIpc) is 2.07. The molecule has 0 radical (unpaired) electrons. The molecule has 1 aliphatic rings. The van der Waals surface area contributed by atoms with Crippen molar-refractivity contribution in [3.63, 3.8) is 0 Å². The van der Waals surface area contributed by atoms with E-state index < -0.39 is 0 Å². The van der Waals surface area contributed by atoms with Crippen molar-refractivity contribution in [3.8, 4) is 0 Å². The van der Waals surface area contributed by atoms with Gasteiger partial charge in [0.05, 0.1) is 0 Å². The largest absolute Gasteiger partial charge is 0.396 e. The Morgan fingerprint density at radius 2 is 2.00 bits per heavy atom. The number of nitrogens with two attached hydrogens (primary N) is 1. The maximum Gasteiger partial charge on any atom is 0.0488 e. The highest BCUT2D eigenvalue weighted by atomic mass is 16.3. The molecular weight excluding hydrogens is 140 g/mol. The summed E-state index contributed by atoms with van der Waals surface area (Å²) in [7, 11) is 0. The smallest absolute Gasteiger partial charge is 0.0488 e. The SMILES string of the molecule is NCCC1(CO)CCNCC1. The Labute approximate surface area is 68.0 Å². The minimum Gasteiger partial charge on any atom is -0.396 e. The van der Waals surface area contributed by atoms with Gasteiger partial charge >= 0.3 is 0 Å². The molecule has 11 heavy (non-hydrogen) atoms. The summed E-state index contributed by atoms with van der Waals surface area (Å²) in [6.07, 6.45) is 3.10. The summed E-state index contributed by atoms with van der Waals surface area (Å²) in [6.45, 7) is 3.05. The first-order valence-corrected chi connectivity index (χ1v) is 4.35. The standard InChI is InChI=1S/C8H18N2O/c9-4-1-8(7-11)2-5-10-6-3-8/h10-11H,1-7,9H2. The normalized spacial score (nSPS) is 23.5. The second kappa shape index (κ2) is 4.04. The van der Waals surface area contributed by atoms with Crippen LogP contribution in [-0.4, -0.2) is 31.3 Å². The average molecular weight is 158 g/mol. The first kappa shape index (κ1) is 8.97. The summed E-state index contributed by atoms with van der Waals surface area (Å²) in [4.78, 5) is 0. The van der Waals surface area contributed by atoms with Gasteiger partial charge in [0, 0.05) is 6.61 Å². The highest BCUT2D eigenvalue weighted by molar-refractivity contribution is 4.84. The molecule has 3 heteroatoms. The van der Waals surface area contributed by atoms with E-state index in [2.05, 4.69) is 5.32 Å². The van der Waals surface area contributed by atoms with Gasteiger partial charge in [-0.1, -0.05) is 0 Å². The molecule has 0 spiro atoms. The Bertz CT molecular complexity index is 105. The number of aliphatic hydroxyl groups is 1. The number of piperidine rings is 1. The third-order valence-corrected chi connectivity index (χ3v) is 2.67. The van der Waals surface area contributed by atoms with E-state index in [1.165, 1.54) is 0 Å². The monoisotopic (exact) mass is 158 g/mol. The second-order valence-corrected chi connectivity index (χ2v) is 3.45. The van der Waals surface area contributed by atoms with Crippen LogP contribution in [0.4, 0.5) is 0 Å². The van der Waals surface area contributed by atoms with Crippen molar-refractivity contribution in [2.45, 2.75) is 19.3 Å². The van der Waals surface area contributed by atoms with Crippen molar-refractivity contribution < 1.29 is 5.11 Å². The van der Waals surface area contributed by atoms with Gasteiger partial charge in [-0.05, 0) is 44.3 Å². The summed E-state index contributed by atoms with van der Waals surface area (Å²) in [5.41, 5.74) is 5.63. The lowest BCUT2D eigenvalue weighted by Crippen LogP contribution is -2.40. The van der Waals surface area contributed by atoms with Gasteiger partial charge in [0.25, 0.3) is 0 Å². The maximum atomic E-state index is 9.19. The van der Waals surface area contributed by atoms with Gasteiger partial charge in [0.2, 0.25) is 0 Å². The van der Waals surface area contributed by atoms with Gasteiger partial charge in [-0.15, -0.1) is 0 Å². The molecule has 0 aromatic heterocycles. The molecular formula is C8H18N2O. The second-order valence-electron chi connectivity index (χ2n) is 3.45. The zero-order chi connectivity index (χ0) is 8.16. The molecule has 1 aliphatic heterocycles. The molecule has 0 aliphatic carbocycles. The lowest BCUT2D eigenvalue weighted by atomic mass is 9.77. The van der Waals surface area contributed by atoms with Crippen LogP contribution in [0.5, 0.6) is 0 Å². The van der Waals surface area contributed by atoms with E-state index >= 15 is 0 Å². The predicted molar refractivity (Wildman–Crippen MR) is 45.3 cm³/mol. The Morgan fingerprint density at radius 1 is 1.36 bits per heavy atom. The molecule has 3 nitrogen and oxygen atoms in total. The van der Waals surface area contributed by atoms with E-state index in [-0.39, 0.29) is 5.41 Å². The van der Waals surface area contributed by atoms with Gasteiger partial charge in [0.15, 0.2) is 0 Å². The van der Waals surface area contributed by atoms with Crippen LogP contribution in [0.25, 0.3) is 0 Å². The van der Waals surface area contributed by atoms with E-state index in [0.717, 1.165) is 32.4 Å². The van der Waals surface area contributed by atoms with Gasteiger partial charge in [-0.25, -0.2) is 0 Å². The summed E-state index contributed by atoms with van der Waals surface area (Å²) in [6, 6.07) is 0. The van der Waals surface area contributed by atoms with Crippen LogP contribution in [0.3, 0.4) is 0 Å². The highest BCUT2D eigenvalue weighted by Gasteiger charge is 2.29. The molecule has 1 fully saturated rings. The van der Waals surface area contributed by atoms with Crippen molar-refractivity contribution in [2.75, 3.05) is 26.2 Å². The fourth-order valence-corrected chi connectivity index (χ4v) is 1.75. The van der Waals surface area contributed by atoms with E-state index in [0.29, 0.717) is 13.2 Å². The van der Waals surface area contributed by atoms with Crippen LogP contribution < -0.4 is 11.1 Å². The summed E-state index contributed by atoms with van der Waals surface area (Å²) < 4.78 is 0. The first-order chi connectivity index (χ1) is 5.33. The molecule has 0 amide bonds. The number of hydrogen-bond donors (Lipinski definition) is 3. The third-order valence-electron chi connectivity index (χ3n) is 2.67. The van der Waals surface area contributed by atoms with E-state index in [1.807, 2.05) is 0 Å². The lowest BCUT2D eigenvalue weighted by molar-refractivity contribution is 0.0827. The van der Waals surface area contributed by atoms with Gasteiger partial charge in [0.1, 0.15) is 0 Å². The number of nitrogens with one attached hydrogen (secondary N) is 1. The fourth-order valence-electron chi connectivity index (χ4n) is 1.75. The zero-order valence-corrected chi connectivity index (χ0v) is 6.97. The molecule has 0 saturated carbocycles. The fraction of sp³-hybridized carbons (Fsp3) is 1.00. The molecule has 0 aromatic rings. The van der Waals surface area contributed by atoms with Gasteiger partial charge < -0.3 is 16.2 Å². The van der Waals surface area contributed by atoms with Crippen molar-refractivity contribution >= 4 is 0 Å². The molecule has 1 rings (SSSR count). The van der Waals surface area contributed by atoms with Crippen LogP contribution in [0, 0.1) is 5.41 Å². The number of rotatable bonds is 3. The first-order valence-electron chi connectivity index (χ1n) is 4.35. The van der Waals surface area contributed by atoms with Crippen LogP contribution >= 0.6 is 0 Å². The maximum absolute atomic E-state index is 9.19. The minimum atomic E-state index is 0.139. The molecule has 66 valence electrons. The van der Waals surface area contributed by atoms with Crippen molar-refractivity contribution in [3.05, 3.63) is 0 Å². The number of hydrogen-bond acceptors (Lipinski definition) is 3. The predicted octanol–water partition coefficient (Wildman–Crippen LogP) is -0.303. The molecule has 0 unspecified atom stereocenters. The molecule has 0 bridgehead atoms. The molecule has 0 aromatic carbocycles. The minimum absolute atomic E-state index is 0.139. The van der Waals surface area contributed by atoms with Gasteiger partial charge in [-0.2, -0.15) is 0 Å². The molecule has 1 heterocycles. The van der Waals surface area contributed by atoms with Crippen LogP contribution in [0.1, 0.15) is 19.3 Å². The molecule has 1 saturated heterocycles. The number of aliphatic hydroxyl groups excluding tert-OH is 1. The Morgan fingerprint density at radius 3 is 2.45 bits per heavy atom. The van der Waals surface area contributed by atoms with Crippen molar-refractivity contribution in [1.82, 2.24) is 5.32 Å². The molecule has 4 N–H and O–H groups in total. The third kappa shape index (κ3) is 2.15. The van der Waals surface area contributed by atoms with E-state index in [1.54, 1.807) is 0 Å². The quantitative estimate of drug-likeness (QED) is 0.528. The zero-order valence-electron chi connectivity index (χ0n) is 6.97. The summed E-state index contributed by atoms with van der Waals surface area (Å²) in [5.74, 6) is 0. The summed E-state index contributed by atoms with van der Waals surface area (Å²) >= 11 is 0. The van der Waals surface area contributed by atoms with Crippen molar-refractivity contribution in [2.24, 2.45) is 11.1 Å². The molecule has 0 atom stereocenters. The Balaban J connectivity index is 2.42.